The van der Waals surface area contributed by atoms with E-state index in [9.17, 15) is 9.18 Å². The number of amides is 1. The highest BCUT2D eigenvalue weighted by atomic mass is 28.4. The van der Waals surface area contributed by atoms with Crippen molar-refractivity contribution in [3.05, 3.63) is 54.1 Å². The molecular weight excluding hydrogens is 561 g/mol. The third-order valence-corrected chi connectivity index (χ3v) is 14.7. The van der Waals surface area contributed by atoms with E-state index >= 15 is 0 Å². The largest absolute Gasteiger partial charge is 0.496 e. The summed E-state index contributed by atoms with van der Waals surface area (Å²) in [6.07, 6.45) is 4.16. The Morgan fingerprint density at radius 2 is 1.74 bits per heavy atom. The van der Waals surface area contributed by atoms with Crippen LogP contribution in [0.4, 0.5) is 9.18 Å². The molecule has 1 aliphatic rings. The number of rotatable bonds is 9. The molecule has 0 aliphatic carbocycles. The molecule has 234 valence electrons. The van der Waals surface area contributed by atoms with Crippen molar-refractivity contribution in [2.75, 3.05) is 20.3 Å². The molecule has 9 heteroatoms. The Kier molecular flexibility index (Phi) is 9.76. The molecule has 1 aromatic carbocycles. The van der Waals surface area contributed by atoms with Gasteiger partial charge < -0.3 is 18.9 Å². The summed E-state index contributed by atoms with van der Waals surface area (Å²) in [5.41, 5.74) is 4.86. The van der Waals surface area contributed by atoms with Gasteiger partial charge in [0.1, 0.15) is 22.8 Å². The molecule has 0 unspecified atom stereocenters. The number of pyridine rings is 1. The van der Waals surface area contributed by atoms with Crippen LogP contribution in [0.25, 0.3) is 27.7 Å². The zero-order valence-electron chi connectivity index (χ0n) is 27.4. The number of hydrogen-bond donors (Lipinski definition) is 1. The molecule has 0 saturated heterocycles. The van der Waals surface area contributed by atoms with Crippen LogP contribution < -0.4 is 4.74 Å². The van der Waals surface area contributed by atoms with Crippen LogP contribution in [0.3, 0.4) is 0 Å². The Bertz CT molecular complexity index is 1450. The lowest BCUT2D eigenvalue weighted by atomic mass is 9.99. The highest BCUT2D eigenvalue weighted by molar-refractivity contribution is 6.77. The molecule has 1 amide bonds. The van der Waals surface area contributed by atoms with Crippen molar-refractivity contribution in [2.45, 2.75) is 97.0 Å². The number of aromatic amines is 1. The zero-order chi connectivity index (χ0) is 31.7. The molecule has 0 fully saturated rings. The van der Waals surface area contributed by atoms with Crippen molar-refractivity contribution in [3.63, 3.8) is 0 Å². The van der Waals surface area contributed by atoms with Gasteiger partial charge in [-0.05, 0) is 85.3 Å². The van der Waals surface area contributed by atoms with Crippen molar-refractivity contribution in [3.8, 4) is 16.9 Å². The van der Waals surface area contributed by atoms with E-state index in [-0.39, 0.29) is 18.0 Å². The summed E-state index contributed by atoms with van der Waals surface area (Å²) < 4.78 is 32.6. The fourth-order valence-corrected chi connectivity index (χ4v) is 12.2. The number of carbonyl (C=O) groups is 1. The predicted octanol–water partition coefficient (Wildman–Crippen LogP) is 8.96. The van der Waals surface area contributed by atoms with Gasteiger partial charge in [-0.2, -0.15) is 0 Å². The molecule has 43 heavy (non-hydrogen) atoms. The molecule has 1 aliphatic heterocycles. The molecule has 1 atom stereocenters. The Balaban J connectivity index is 1.75. The molecule has 3 aromatic rings. The van der Waals surface area contributed by atoms with Gasteiger partial charge in [0.15, 0.2) is 8.32 Å². The zero-order valence-corrected chi connectivity index (χ0v) is 28.4. The second-order valence-electron chi connectivity index (χ2n) is 13.5. The van der Waals surface area contributed by atoms with E-state index in [2.05, 4.69) is 63.7 Å². The quantitative estimate of drug-likeness (QED) is 0.245. The van der Waals surface area contributed by atoms with Gasteiger partial charge in [-0.25, -0.2) is 14.2 Å². The fraction of sp³-hybridized carbons (Fsp3) is 0.529. The summed E-state index contributed by atoms with van der Waals surface area (Å²) in [5.74, 6) is 0.257. The van der Waals surface area contributed by atoms with Gasteiger partial charge >= 0.3 is 6.09 Å². The number of halogens is 1. The highest BCUT2D eigenvalue weighted by Crippen LogP contribution is 2.43. The van der Waals surface area contributed by atoms with E-state index < -0.39 is 13.9 Å². The van der Waals surface area contributed by atoms with Crippen LogP contribution in [0, 0.1) is 5.82 Å². The lowest BCUT2D eigenvalue weighted by molar-refractivity contribution is 0.0147. The predicted molar refractivity (Wildman–Crippen MR) is 174 cm³/mol. The summed E-state index contributed by atoms with van der Waals surface area (Å²) in [4.78, 5) is 23.2. The monoisotopic (exact) mass is 609 g/mol. The first-order valence-corrected chi connectivity index (χ1v) is 17.5. The lowest BCUT2D eigenvalue weighted by Gasteiger charge is -2.44. The summed E-state index contributed by atoms with van der Waals surface area (Å²) in [6, 6.07) is 8.17. The molecule has 4 rings (SSSR count). The van der Waals surface area contributed by atoms with Crippen LogP contribution in [0.2, 0.25) is 16.6 Å². The van der Waals surface area contributed by atoms with Crippen LogP contribution in [0.15, 0.2) is 42.6 Å². The number of nitrogens with zero attached hydrogens (tertiary/aromatic N) is 2. The fourth-order valence-electron chi connectivity index (χ4n) is 6.78. The smallest absolute Gasteiger partial charge is 0.410 e. The first-order chi connectivity index (χ1) is 20.2. The van der Waals surface area contributed by atoms with Gasteiger partial charge in [0.05, 0.1) is 19.8 Å². The Morgan fingerprint density at radius 1 is 1.07 bits per heavy atom. The number of benzene rings is 1. The minimum absolute atomic E-state index is 0.288. The highest BCUT2D eigenvalue weighted by Gasteiger charge is 2.46. The van der Waals surface area contributed by atoms with Crippen molar-refractivity contribution < 1.29 is 23.1 Å². The lowest BCUT2D eigenvalue weighted by Crippen LogP contribution is -2.52. The minimum Gasteiger partial charge on any atom is -0.496 e. The van der Waals surface area contributed by atoms with Crippen LogP contribution in [0.1, 0.15) is 74.4 Å². The van der Waals surface area contributed by atoms with Gasteiger partial charge in [-0.3, -0.25) is 4.90 Å². The molecule has 0 radical (unpaired) electrons. The molecule has 3 heterocycles. The summed E-state index contributed by atoms with van der Waals surface area (Å²) in [7, 11) is -0.596. The van der Waals surface area contributed by atoms with Crippen LogP contribution in [-0.2, 0) is 9.16 Å². The second-order valence-corrected chi connectivity index (χ2v) is 18.9. The third kappa shape index (κ3) is 6.83. The number of ether oxygens (including phenoxy) is 2. The van der Waals surface area contributed by atoms with Gasteiger partial charge in [0.25, 0.3) is 0 Å². The summed E-state index contributed by atoms with van der Waals surface area (Å²) in [5, 5.41) is 0.871. The van der Waals surface area contributed by atoms with Crippen LogP contribution in [-0.4, -0.2) is 61.2 Å². The number of nitrogens with one attached hydrogen (secondary N) is 1. The first-order valence-electron chi connectivity index (χ1n) is 15.3. The molecule has 0 saturated carbocycles. The van der Waals surface area contributed by atoms with Crippen molar-refractivity contribution in [1.29, 1.82) is 0 Å². The first kappa shape index (κ1) is 32.7. The Morgan fingerprint density at radius 3 is 2.35 bits per heavy atom. The summed E-state index contributed by atoms with van der Waals surface area (Å²) in [6.45, 7) is 20.2. The second kappa shape index (κ2) is 12.8. The van der Waals surface area contributed by atoms with Crippen LogP contribution in [0.5, 0.6) is 5.75 Å². The Hall–Kier alpha value is -3.17. The van der Waals surface area contributed by atoms with Crippen LogP contribution >= 0.6 is 0 Å². The molecule has 2 aromatic heterocycles. The average molecular weight is 610 g/mol. The number of methoxy groups -OCH3 is 1. The maximum absolute atomic E-state index is 14.3. The van der Waals surface area contributed by atoms with E-state index in [1.165, 1.54) is 12.1 Å². The molecule has 7 nitrogen and oxygen atoms in total. The maximum atomic E-state index is 14.3. The number of carbonyl (C=O) groups excluding carboxylic acids is 1. The molecule has 1 N–H and O–H groups in total. The van der Waals surface area contributed by atoms with E-state index in [4.69, 9.17) is 13.9 Å². The van der Waals surface area contributed by atoms with E-state index in [1.807, 2.05) is 26.8 Å². The minimum atomic E-state index is -2.18. The number of hydrogen-bond acceptors (Lipinski definition) is 5. The maximum Gasteiger partial charge on any atom is 0.410 e. The van der Waals surface area contributed by atoms with Crippen molar-refractivity contribution >= 4 is 31.0 Å². The standard InChI is InChI=1S/C34H48FN3O4Si/c1-21(2)43(22(3)4,23(5)6)41-20-26-17-24(14-16-38(26)33(39)42-34(7,8)9)30-19-29-27(13-15-36-32(29)37-30)28-18-25(35)11-12-31(28)40-10/h11-13,15,17-19,21-23,26H,14,16,20H2,1-10H3,(H,36,37)/t26-/m1/s1. The van der Waals surface area contributed by atoms with Gasteiger partial charge in [-0.1, -0.05) is 47.6 Å². The number of fused-ring (bicyclic) bond motifs is 1. The topological polar surface area (TPSA) is 76.7 Å². The van der Waals surface area contributed by atoms with Gasteiger partial charge in [-0.15, -0.1) is 0 Å². The Labute approximate surface area is 256 Å². The average Bonchev–Trinajstić information content (AvgIpc) is 3.36. The van der Waals surface area contributed by atoms with E-state index in [0.29, 0.717) is 53.2 Å². The summed E-state index contributed by atoms with van der Waals surface area (Å²) >= 11 is 0. The van der Waals surface area contributed by atoms with Crippen molar-refractivity contribution in [2.24, 2.45) is 0 Å². The van der Waals surface area contributed by atoms with Gasteiger partial charge in [0, 0.05) is 29.4 Å². The molecule has 0 bridgehead atoms. The molecule has 0 spiro atoms. The normalized spacial score (nSPS) is 16.4. The number of aromatic nitrogens is 2. The van der Waals surface area contributed by atoms with Gasteiger partial charge in [0.2, 0.25) is 0 Å². The van der Waals surface area contributed by atoms with E-state index in [0.717, 1.165) is 22.2 Å². The SMILES string of the molecule is COc1ccc(F)cc1-c1ccnc2[nH]c(C3=C[C@H](CO[Si](C(C)C)(C(C)C)C(C)C)N(C(=O)OC(C)(C)C)CC3)cc12. The molecular formula is C34H48FN3O4Si. The third-order valence-electron chi connectivity index (χ3n) is 8.58. The number of H-pyrrole nitrogens is 1. The van der Waals surface area contributed by atoms with Crippen molar-refractivity contribution in [1.82, 2.24) is 14.9 Å². The van der Waals surface area contributed by atoms with E-state index in [1.54, 1.807) is 24.3 Å².